The Hall–Kier alpha value is -1.24. The second-order valence-electron chi connectivity index (χ2n) is 6.95. The molecule has 7 nitrogen and oxygen atoms in total. The summed E-state index contributed by atoms with van der Waals surface area (Å²) in [4.78, 5) is 12.1. The van der Waals surface area contributed by atoms with Crippen molar-refractivity contribution < 1.29 is 32.6 Å². The number of carbonyl (C=O) groups is 1. The van der Waals surface area contributed by atoms with Crippen molar-refractivity contribution in [2.24, 2.45) is 0 Å². The van der Waals surface area contributed by atoms with E-state index >= 15 is 0 Å². The van der Waals surface area contributed by atoms with E-state index in [1.807, 2.05) is 6.07 Å². The fraction of sp³-hybridized carbons (Fsp3) is 0.632. The summed E-state index contributed by atoms with van der Waals surface area (Å²) in [6, 6.07) is 8.83. The molecule has 0 radical (unpaired) electrons. The zero-order chi connectivity index (χ0) is 19.9. The first-order valence-electron chi connectivity index (χ1n) is 9.22. The van der Waals surface area contributed by atoms with E-state index in [9.17, 15) is 9.36 Å². The number of rotatable bonds is 9. The first kappa shape index (κ1) is 22.1. The second-order valence-corrected chi connectivity index (χ2v) is 8.85. The highest BCUT2D eigenvalue weighted by Gasteiger charge is 2.32. The number of benzene rings is 1. The maximum atomic E-state index is 12.7. The molecule has 1 aromatic rings. The summed E-state index contributed by atoms with van der Waals surface area (Å²) in [5.41, 5.74) is 0.508. The average molecular weight is 400 g/mol. The van der Waals surface area contributed by atoms with Crippen molar-refractivity contribution in [3.8, 4) is 0 Å². The second kappa shape index (κ2) is 10.3. The van der Waals surface area contributed by atoms with Crippen molar-refractivity contribution in [1.82, 2.24) is 0 Å². The van der Waals surface area contributed by atoms with E-state index in [2.05, 4.69) is 0 Å². The normalized spacial score (nSPS) is 20.8. The SMILES string of the molecule is CC(C)OP(=O)(CO[C@H]1CC[C@H](OC(=O)c2ccccc2)CO1)OC(C)C. The third-order valence-corrected chi connectivity index (χ3v) is 5.59. The maximum Gasteiger partial charge on any atom is 0.356 e. The van der Waals surface area contributed by atoms with E-state index in [0.717, 1.165) is 0 Å². The molecular formula is C19H29O7P. The van der Waals surface area contributed by atoms with Crippen molar-refractivity contribution in [2.45, 2.75) is 65.1 Å². The smallest absolute Gasteiger partial charge is 0.356 e. The van der Waals surface area contributed by atoms with E-state index in [1.54, 1.807) is 52.0 Å². The number of ether oxygens (including phenoxy) is 3. The fourth-order valence-electron chi connectivity index (χ4n) is 2.62. The summed E-state index contributed by atoms with van der Waals surface area (Å²) in [5.74, 6) is -0.372. The van der Waals surface area contributed by atoms with Crippen LogP contribution in [0.4, 0.5) is 0 Å². The summed E-state index contributed by atoms with van der Waals surface area (Å²) in [7, 11) is -3.36. The number of esters is 1. The lowest BCUT2D eigenvalue weighted by molar-refractivity contribution is -0.180. The van der Waals surface area contributed by atoms with Gasteiger partial charge in [0.2, 0.25) is 0 Å². The molecule has 2 atom stereocenters. The molecule has 0 amide bonds. The molecular weight excluding hydrogens is 371 g/mol. The largest absolute Gasteiger partial charge is 0.456 e. The van der Waals surface area contributed by atoms with Crippen LogP contribution in [-0.4, -0.2) is 43.5 Å². The van der Waals surface area contributed by atoms with Gasteiger partial charge in [0.15, 0.2) is 12.6 Å². The molecule has 1 aromatic carbocycles. The zero-order valence-electron chi connectivity index (χ0n) is 16.3. The highest BCUT2D eigenvalue weighted by atomic mass is 31.2. The number of hydrogen-bond acceptors (Lipinski definition) is 7. The predicted octanol–water partition coefficient (Wildman–Crippen LogP) is 4.37. The zero-order valence-corrected chi connectivity index (χ0v) is 17.2. The third-order valence-electron chi connectivity index (χ3n) is 3.64. The van der Waals surface area contributed by atoms with Crippen LogP contribution >= 0.6 is 7.60 Å². The minimum Gasteiger partial charge on any atom is -0.456 e. The number of carbonyl (C=O) groups excluding carboxylic acids is 1. The maximum absolute atomic E-state index is 12.7. The van der Waals surface area contributed by atoms with Crippen molar-refractivity contribution >= 4 is 13.6 Å². The molecule has 0 unspecified atom stereocenters. The Balaban J connectivity index is 1.78. The molecule has 1 aliphatic rings. The van der Waals surface area contributed by atoms with Crippen molar-refractivity contribution in [3.05, 3.63) is 35.9 Å². The fourth-order valence-corrected chi connectivity index (χ4v) is 4.43. The van der Waals surface area contributed by atoms with Crippen molar-refractivity contribution in [1.29, 1.82) is 0 Å². The monoisotopic (exact) mass is 400 g/mol. The van der Waals surface area contributed by atoms with Gasteiger partial charge in [-0.15, -0.1) is 0 Å². The molecule has 152 valence electrons. The van der Waals surface area contributed by atoms with Gasteiger partial charge in [0.05, 0.1) is 24.4 Å². The summed E-state index contributed by atoms with van der Waals surface area (Å²) in [5, 5.41) is 0. The van der Waals surface area contributed by atoms with Crippen molar-refractivity contribution in [3.63, 3.8) is 0 Å². The average Bonchev–Trinajstić information content (AvgIpc) is 2.60. The molecule has 0 aliphatic carbocycles. The van der Waals surface area contributed by atoms with Crippen LogP contribution < -0.4 is 0 Å². The minimum atomic E-state index is -3.36. The Morgan fingerprint density at radius 3 is 2.26 bits per heavy atom. The molecule has 0 aromatic heterocycles. The van der Waals surface area contributed by atoms with Crippen LogP contribution in [0.5, 0.6) is 0 Å². The lowest BCUT2D eigenvalue weighted by Crippen LogP contribution is -2.34. The minimum absolute atomic E-state index is 0.178. The first-order chi connectivity index (χ1) is 12.8. The third kappa shape index (κ3) is 7.72. The van der Waals surface area contributed by atoms with Crippen LogP contribution in [0.1, 0.15) is 50.9 Å². The first-order valence-corrected chi connectivity index (χ1v) is 11.0. The van der Waals surface area contributed by atoms with Crippen molar-refractivity contribution in [2.75, 3.05) is 13.0 Å². The van der Waals surface area contributed by atoms with Crippen LogP contribution in [0.2, 0.25) is 0 Å². The molecule has 0 N–H and O–H groups in total. The van der Waals surface area contributed by atoms with E-state index in [4.69, 9.17) is 23.3 Å². The van der Waals surface area contributed by atoms with Gasteiger partial charge in [0.25, 0.3) is 0 Å². The molecule has 0 spiro atoms. The van der Waals surface area contributed by atoms with Gasteiger partial charge >= 0.3 is 13.6 Å². The Bertz CT molecular complexity index is 610. The van der Waals surface area contributed by atoms with Gasteiger partial charge in [-0.25, -0.2) is 4.79 Å². The Morgan fingerprint density at radius 1 is 1.11 bits per heavy atom. The van der Waals surface area contributed by atoms with Gasteiger partial charge in [-0.2, -0.15) is 0 Å². The summed E-state index contributed by atoms with van der Waals surface area (Å²) >= 11 is 0. The summed E-state index contributed by atoms with van der Waals surface area (Å²) in [6.45, 7) is 7.39. The molecule has 27 heavy (non-hydrogen) atoms. The topological polar surface area (TPSA) is 80.3 Å². The van der Waals surface area contributed by atoms with E-state index < -0.39 is 13.9 Å². The van der Waals surface area contributed by atoms with Gasteiger partial charge in [0, 0.05) is 6.42 Å². The van der Waals surface area contributed by atoms with Crippen LogP contribution in [0.15, 0.2) is 30.3 Å². The van der Waals surface area contributed by atoms with Gasteiger partial charge in [-0.1, -0.05) is 18.2 Å². The predicted molar refractivity (Wildman–Crippen MR) is 101 cm³/mol. The molecule has 0 bridgehead atoms. The highest BCUT2D eigenvalue weighted by molar-refractivity contribution is 7.53. The van der Waals surface area contributed by atoms with Crippen LogP contribution in [0, 0.1) is 0 Å². The van der Waals surface area contributed by atoms with Crippen LogP contribution in [0.3, 0.4) is 0 Å². The Kier molecular flexibility index (Phi) is 8.45. The Labute approximate surface area is 160 Å². The van der Waals surface area contributed by atoms with Crippen LogP contribution in [0.25, 0.3) is 0 Å². The highest BCUT2D eigenvalue weighted by Crippen LogP contribution is 2.50. The number of hydrogen-bond donors (Lipinski definition) is 0. The van der Waals surface area contributed by atoms with E-state index in [-0.39, 0.29) is 37.2 Å². The van der Waals surface area contributed by atoms with Crippen LogP contribution in [-0.2, 0) is 27.8 Å². The molecule has 8 heteroatoms. The summed E-state index contributed by atoms with van der Waals surface area (Å²) in [6.07, 6.45) is -0.401. The lowest BCUT2D eigenvalue weighted by Gasteiger charge is -2.30. The van der Waals surface area contributed by atoms with Gasteiger partial charge in [-0.3, -0.25) is 4.57 Å². The van der Waals surface area contributed by atoms with E-state index in [0.29, 0.717) is 18.4 Å². The summed E-state index contributed by atoms with van der Waals surface area (Å²) < 4.78 is 40.3. The van der Waals surface area contributed by atoms with Gasteiger partial charge in [0.1, 0.15) is 6.10 Å². The quantitative estimate of drug-likeness (QED) is 0.450. The molecule has 1 saturated heterocycles. The molecule has 1 aliphatic heterocycles. The molecule has 0 saturated carbocycles. The molecule has 1 heterocycles. The molecule has 1 fully saturated rings. The Morgan fingerprint density at radius 2 is 1.74 bits per heavy atom. The standard InChI is InChI=1S/C19H29O7P/c1-14(2)25-27(21,26-15(3)4)13-23-18-11-10-17(12-22-18)24-19(20)16-8-6-5-7-9-16/h5-9,14-15,17-18H,10-13H2,1-4H3/t17-,18-/m0/s1. The van der Waals surface area contributed by atoms with Gasteiger partial charge < -0.3 is 23.3 Å². The lowest BCUT2D eigenvalue weighted by atomic mass is 10.1. The molecule has 2 rings (SSSR count). The van der Waals surface area contributed by atoms with E-state index in [1.165, 1.54) is 0 Å². The van der Waals surface area contributed by atoms with Gasteiger partial charge in [-0.05, 0) is 46.2 Å².